The molecule has 4 aromatic rings. The van der Waals surface area contributed by atoms with E-state index < -0.39 is 10.0 Å². The fourth-order valence-corrected chi connectivity index (χ4v) is 3.93. The number of aryl methyl sites for hydroxylation is 1. The lowest BCUT2D eigenvalue weighted by Gasteiger charge is -2.08. The molecule has 4 rings (SSSR count). The van der Waals surface area contributed by atoms with E-state index in [2.05, 4.69) is 10.5 Å². The van der Waals surface area contributed by atoms with Gasteiger partial charge in [0, 0.05) is 11.8 Å². The van der Waals surface area contributed by atoms with Gasteiger partial charge in [-0.1, -0.05) is 66.2 Å². The molecule has 0 amide bonds. The third-order valence-electron chi connectivity index (χ3n) is 4.45. The van der Waals surface area contributed by atoms with Gasteiger partial charge in [-0.05, 0) is 46.7 Å². The molecule has 128 valence electrons. The first-order valence-corrected chi connectivity index (χ1v) is 9.76. The van der Waals surface area contributed by atoms with E-state index in [0.29, 0.717) is 0 Å². The summed E-state index contributed by atoms with van der Waals surface area (Å²) in [6.07, 6.45) is 1.47. The molecule has 0 atom stereocenters. The summed E-state index contributed by atoms with van der Waals surface area (Å²) in [5, 5.41) is 4.07. The van der Waals surface area contributed by atoms with Crippen LogP contribution in [-0.4, -0.2) is 14.6 Å². The van der Waals surface area contributed by atoms with E-state index in [4.69, 9.17) is 0 Å². The van der Waals surface area contributed by atoms with Crippen molar-refractivity contribution in [2.45, 2.75) is 11.8 Å². The first-order valence-electron chi connectivity index (χ1n) is 8.32. The summed E-state index contributed by atoms with van der Waals surface area (Å²) in [5.74, 6) is 0. The fourth-order valence-electron chi connectivity index (χ4n) is 3.08. The van der Waals surface area contributed by atoms with Crippen molar-refractivity contribution in [2.24, 2.45) is 4.40 Å². The summed E-state index contributed by atoms with van der Waals surface area (Å²) in [4.78, 5) is 0.198. The Morgan fingerprint density at radius 1 is 0.769 bits per heavy atom. The number of fused-ring (bicyclic) bond motifs is 2. The minimum absolute atomic E-state index is 0.198. The van der Waals surface area contributed by atoms with Gasteiger partial charge < -0.3 is 0 Å². The number of sulfonamides is 1. The average molecular weight is 359 g/mol. The van der Waals surface area contributed by atoms with Crippen molar-refractivity contribution in [3.63, 3.8) is 0 Å². The maximum absolute atomic E-state index is 12.6. The van der Waals surface area contributed by atoms with Crippen molar-refractivity contribution in [3.05, 3.63) is 90.0 Å². The van der Waals surface area contributed by atoms with Crippen LogP contribution in [0.25, 0.3) is 21.5 Å². The number of rotatable bonds is 3. The number of nitrogens with zero attached hydrogens (tertiary/aromatic N) is 1. The van der Waals surface area contributed by atoms with E-state index >= 15 is 0 Å². The van der Waals surface area contributed by atoms with Crippen molar-refractivity contribution >= 4 is 37.8 Å². The Morgan fingerprint density at radius 3 is 1.88 bits per heavy atom. The summed E-state index contributed by atoms with van der Waals surface area (Å²) in [7, 11) is -3.74. The van der Waals surface area contributed by atoms with Crippen LogP contribution in [-0.2, 0) is 10.0 Å². The Labute approximate surface area is 152 Å². The molecule has 0 aromatic heterocycles. The molecule has 0 N–H and O–H groups in total. The summed E-state index contributed by atoms with van der Waals surface area (Å²) in [6, 6.07) is 24.7. The van der Waals surface area contributed by atoms with E-state index in [1.54, 1.807) is 24.3 Å². The highest BCUT2D eigenvalue weighted by atomic mass is 32.2. The van der Waals surface area contributed by atoms with Gasteiger partial charge in [-0.2, -0.15) is 12.8 Å². The van der Waals surface area contributed by atoms with Crippen LogP contribution in [0.4, 0.5) is 0 Å². The zero-order valence-corrected chi connectivity index (χ0v) is 15.1. The van der Waals surface area contributed by atoms with Crippen LogP contribution in [0.3, 0.4) is 0 Å². The molecule has 3 nitrogen and oxygen atoms in total. The molecule has 0 saturated heterocycles. The molecule has 0 unspecified atom stereocenters. The van der Waals surface area contributed by atoms with E-state index in [0.717, 1.165) is 32.7 Å². The van der Waals surface area contributed by atoms with Gasteiger partial charge in [-0.25, -0.2) is 0 Å². The van der Waals surface area contributed by atoms with Gasteiger partial charge in [0.25, 0.3) is 10.0 Å². The van der Waals surface area contributed by atoms with Crippen molar-refractivity contribution in [2.75, 3.05) is 0 Å². The summed E-state index contributed by atoms with van der Waals surface area (Å²) >= 11 is 0. The number of benzene rings is 4. The van der Waals surface area contributed by atoms with E-state index in [1.807, 2.05) is 55.5 Å². The highest BCUT2D eigenvalue weighted by molar-refractivity contribution is 7.90. The van der Waals surface area contributed by atoms with Crippen LogP contribution >= 0.6 is 0 Å². The first-order chi connectivity index (χ1) is 12.5. The van der Waals surface area contributed by atoms with Crippen LogP contribution in [0.1, 0.15) is 11.1 Å². The Hall–Kier alpha value is -2.98. The van der Waals surface area contributed by atoms with Crippen LogP contribution in [0.2, 0.25) is 0 Å². The summed E-state index contributed by atoms with van der Waals surface area (Å²) < 4.78 is 29.2. The maximum Gasteiger partial charge on any atom is 0.282 e. The predicted octanol–water partition coefficient (Wildman–Crippen LogP) is 5.11. The third kappa shape index (κ3) is 3.00. The van der Waals surface area contributed by atoms with Crippen LogP contribution in [0, 0.1) is 6.92 Å². The zero-order chi connectivity index (χ0) is 18.1. The smallest absolute Gasteiger partial charge is 0.199 e. The molecule has 0 bridgehead atoms. The minimum atomic E-state index is -3.74. The van der Waals surface area contributed by atoms with Gasteiger partial charge in [-0.15, -0.1) is 0 Å². The molecule has 0 spiro atoms. The molecule has 0 fully saturated rings. The van der Waals surface area contributed by atoms with Crippen LogP contribution < -0.4 is 0 Å². The van der Waals surface area contributed by atoms with Crippen LogP contribution in [0.5, 0.6) is 0 Å². The molecular weight excluding hydrogens is 342 g/mol. The Bertz CT molecular complexity index is 1190. The molecule has 4 aromatic carbocycles. The largest absolute Gasteiger partial charge is 0.282 e. The molecule has 0 saturated carbocycles. The Balaban J connectivity index is 1.90. The second kappa shape index (κ2) is 6.39. The lowest BCUT2D eigenvalue weighted by molar-refractivity contribution is 0.598. The quantitative estimate of drug-likeness (QED) is 0.377. The fraction of sp³-hybridized carbons (Fsp3) is 0.0455. The third-order valence-corrected chi connectivity index (χ3v) is 5.70. The summed E-state index contributed by atoms with van der Waals surface area (Å²) in [5.41, 5.74) is 1.82. The second-order valence-electron chi connectivity index (χ2n) is 6.26. The van der Waals surface area contributed by atoms with Crippen molar-refractivity contribution < 1.29 is 8.42 Å². The van der Waals surface area contributed by atoms with Gasteiger partial charge in [0.15, 0.2) is 0 Å². The lowest BCUT2D eigenvalue weighted by atomic mass is 9.97. The zero-order valence-electron chi connectivity index (χ0n) is 14.3. The Morgan fingerprint density at radius 2 is 1.31 bits per heavy atom. The van der Waals surface area contributed by atoms with E-state index in [9.17, 15) is 8.42 Å². The lowest BCUT2D eigenvalue weighted by Crippen LogP contribution is -1.98. The topological polar surface area (TPSA) is 46.5 Å². The summed E-state index contributed by atoms with van der Waals surface area (Å²) in [6.45, 7) is 1.92. The maximum atomic E-state index is 12.6. The van der Waals surface area contributed by atoms with Gasteiger partial charge in [-0.3, -0.25) is 0 Å². The van der Waals surface area contributed by atoms with Crippen molar-refractivity contribution in [1.29, 1.82) is 0 Å². The van der Waals surface area contributed by atoms with Gasteiger partial charge in [0.05, 0.1) is 4.90 Å². The molecule has 4 heteroatoms. The molecule has 0 radical (unpaired) electrons. The van der Waals surface area contributed by atoms with Gasteiger partial charge in [0.2, 0.25) is 0 Å². The molecule has 0 heterocycles. The number of hydrogen-bond acceptors (Lipinski definition) is 2. The SMILES string of the molecule is Cc1ccc(S(=O)(=O)/N=C/c2c3ccccc3cc3ccccc23)cc1. The second-order valence-corrected chi connectivity index (χ2v) is 7.89. The molecular formula is C22H17NO2S. The molecule has 0 aliphatic rings. The molecule has 0 aliphatic heterocycles. The van der Waals surface area contributed by atoms with Crippen molar-refractivity contribution in [3.8, 4) is 0 Å². The first kappa shape index (κ1) is 16.5. The van der Waals surface area contributed by atoms with Gasteiger partial charge >= 0.3 is 0 Å². The number of hydrogen-bond donors (Lipinski definition) is 0. The van der Waals surface area contributed by atoms with E-state index in [-0.39, 0.29) is 4.90 Å². The van der Waals surface area contributed by atoms with Crippen molar-refractivity contribution in [1.82, 2.24) is 0 Å². The van der Waals surface area contributed by atoms with E-state index in [1.165, 1.54) is 6.21 Å². The molecule has 26 heavy (non-hydrogen) atoms. The molecule has 0 aliphatic carbocycles. The highest BCUT2D eigenvalue weighted by Gasteiger charge is 2.12. The highest BCUT2D eigenvalue weighted by Crippen LogP contribution is 2.27. The Kier molecular flexibility index (Phi) is 4.05. The normalized spacial score (nSPS) is 12.2. The van der Waals surface area contributed by atoms with Gasteiger partial charge in [0.1, 0.15) is 0 Å². The monoisotopic (exact) mass is 359 g/mol. The minimum Gasteiger partial charge on any atom is -0.199 e. The standard InChI is InChI=1S/C22H17NO2S/c1-16-10-12-19(13-11-16)26(24,25)23-15-22-20-8-4-2-6-17(20)14-18-7-3-5-9-21(18)22/h2-15H,1H3/b23-15+. The predicted molar refractivity (Wildman–Crippen MR) is 107 cm³/mol. The van der Waals surface area contributed by atoms with Crippen LogP contribution in [0.15, 0.2) is 88.2 Å². The average Bonchev–Trinajstić information content (AvgIpc) is 2.65.